The third-order valence-corrected chi connectivity index (χ3v) is 8.70. The largest absolute Gasteiger partial charge is 0.660 e. The zero-order chi connectivity index (χ0) is 26.0. The average molecular weight is 621 g/mol. The van der Waals surface area contributed by atoms with Crippen molar-refractivity contribution in [1.82, 2.24) is 19.9 Å². The molecule has 3 heterocycles. The van der Waals surface area contributed by atoms with E-state index in [4.69, 9.17) is 0 Å². The van der Waals surface area contributed by atoms with E-state index in [1.54, 1.807) is 27.0 Å². The van der Waals surface area contributed by atoms with Crippen LogP contribution in [-0.2, 0) is 43.4 Å². The van der Waals surface area contributed by atoms with Gasteiger partial charge in [0, 0.05) is 63.7 Å². The molecule has 4 rings (SSSR count). The SMILES string of the molecule is C[N-]CC(F)(F)c1cccc([C@@H](C)Nc2nc(C)nc3cnc(P4CCN(C(C)=O)CC4)cc23)c1F.[CH3-].[Y]. The number of likely N-dealkylation sites (N-methyl/N-ethyl adjacent to an activating group) is 1. The van der Waals surface area contributed by atoms with Gasteiger partial charge in [-0.1, -0.05) is 32.7 Å². The van der Waals surface area contributed by atoms with Crippen LogP contribution in [0.1, 0.15) is 36.8 Å². The van der Waals surface area contributed by atoms with Crippen molar-refractivity contribution in [3.05, 3.63) is 66.0 Å². The Hall–Kier alpha value is -1.74. The van der Waals surface area contributed by atoms with Gasteiger partial charge in [-0.05, 0) is 32.2 Å². The Kier molecular flexibility index (Phi) is 11.6. The summed E-state index contributed by atoms with van der Waals surface area (Å²) in [4.78, 5) is 27.2. The van der Waals surface area contributed by atoms with Gasteiger partial charge in [-0.3, -0.25) is 9.78 Å². The van der Waals surface area contributed by atoms with E-state index in [9.17, 15) is 13.6 Å². The van der Waals surface area contributed by atoms with Gasteiger partial charge in [0.2, 0.25) is 5.91 Å². The van der Waals surface area contributed by atoms with Crippen LogP contribution in [0, 0.1) is 20.2 Å². The molecule has 0 saturated carbocycles. The minimum Gasteiger partial charge on any atom is -0.660 e. The predicted molar refractivity (Wildman–Crippen MR) is 144 cm³/mol. The number of nitrogens with zero attached hydrogens (tertiary/aromatic N) is 5. The summed E-state index contributed by atoms with van der Waals surface area (Å²) < 4.78 is 44.1. The maximum atomic E-state index is 15.2. The van der Waals surface area contributed by atoms with Gasteiger partial charge in [-0.15, -0.1) is 0 Å². The zero-order valence-electron chi connectivity index (χ0n) is 22.3. The number of rotatable bonds is 7. The summed E-state index contributed by atoms with van der Waals surface area (Å²) in [6.07, 6.45) is 3.45. The van der Waals surface area contributed by atoms with Crippen molar-refractivity contribution in [1.29, 1.82) is 0 Å². The van der Waals surface area contributed by atoms with Crippen molar-refractivity contribution in [2.75, 3.05) is 44.3 Å². The molecule has 1 saturated heterocycles. The molecule has 0 spiro atoms. The fourth-order valence-electron chi connectivity index (χ4n) is 4.40. The maximum absolute atomic E-state index is 15.2. The van der Waals surface area contributed by atoms with Crippen LogP contribution in [0.5, 0.6) is 0 Å². The van der Waals surface area contributed by atoms with Crippen LogP contribution in [-0.4, -0.2) is 64.8 Å². The third kappa shape index (κ3) is 7.06. The Labute approximate surface area is 248 Å². The molecule has 1 atom stereocenters. The fourth-order valence-corrected chi connectivity index (χ4v) is 6.58. The molecule has 2 aromatic heterocycles. The minimum absolute atomic E-state index is 0. The van der Waals surface area contributed by atoms with E-state index in [0.717, 1.165) is 29.2 Å². The minimum atomic E-state index is -3.40. The normalized spacial score (nSPS) is 15.0. The first kappa shape index (κ1) is 32.5. The Balaban J connectivity index is 0.00000253. The first-order valence-corrected chi connectivity index (χ1v) is 13.5. The first-order chi connectivity index (χ1) is 17.1. The Morgan fingerprint density at radius 2 is 1.95 bits per heavy atom. The molecule has 1 aliphatic rings. The molecule has 1 fully saturated rings. The summed E-state index contributed by atoms with van der Waals surface area (Å²) in [5.74, 6) is -3.26. The van der Waals surface area contributed by atoms with E-state index in [2.05, 4.69) is 25.6 Å². The standard InChI is InChI=1S/C25H29F3N6OP.CH3.Y/c1-15(18-6-5-7-20(23(18)26)25(27,28)14-29-4)31-24-19-12-22(30-13-21(19)32-16(2)33-24)36-10-8-34(9-11-36)17(3)35;;/h5-7,12-13,15H,8-11,14H2,1-4H3,(H,31,32,33);1H3;/q2*-1;/t15-;;/m1../s1. The van der Waals surface area contributed by atoms with Crippen molar-refractivity contribution < 1.29 is 50.7 Å². The van der Waals surface area contributed by atoms with Gasteiger partial charge in [0.05, 0.1) is 28.8 Å². The monoisotopic (exact) mass is 621 g/mol. The molecule has 0 aliphatic carbocycles. The number of pyridine rings is 1. The summed E-state index contributed by atoms with van der Waals surface area (Å²) in [7, 11) is 0.735. The van der Waals surface area contributed by atoms with Crippen molar-refractivity contribution in [2.45, 2.75) is 32.7 Å². The molecule has 1 amide bonds. The summed E-state index contributed by atoms with van der Waals surface area (Å²) in [5.41, 5.74) is 1.03. The fraction of sp³-hybridized carbons (Fsp3) is 0.423. The molecule has 203 valence electrons. The number of aromatic nitrogens is 3. The van der Waals surface area contributed by atoms with Crippen molar-refractivity contribution in [3.63, 3.8) is 0 Å². The van der Waals surface area contributed by atoms with E-state index < -0.39 is 37.8 Å². The van der Waals surface area contributed by atoms with E-state index in [-0.39, 0.29) is 51.6 Å². The van der Waals surface area contributed by atoms with Crippen molar-refractivity contribution in [2.24, 2.45) is 0 Å². The van der Waals surface area contributed by atoms with Crippen LogP contribution in [0.4, 0.5) is 19.0 Å². The number of anilines is 1. The van der Waals surface area contributed by atoms with E-state index >= 15 is 4.39 Å². The number of hydrogen-bond donors (Lipinski definition) is 1. The van der Waals surface area contributed by atoms with Crippen LogP contribution in [0.2, 0.25) is 0 Å². The molecule has 3 aromatic rings. The Morgan fingerprint density at radius 1 is 1.26 bits per heavy atom. The van der Waals surface area contributed by atoms with Crippen molar-refractivity contribution >= 4 is 36.0 Å². The Morgan fingerprint density at radius 3 is 2.58 bits per heavy atom. The first-order valence-electron chi connectivity index (χ1n) is 11.7. The van der Waals surface area contributed by atoms with Crippen LogP contribution >= 0.6 is 7.92 Å². The Bertz CT molecular complexity index is 1270. The number of hydrogen-bond acceptors (Lipinski definition) is 5. The second-order valence-electron chi connectivity index (χ2n) is 8.93. The number of carbonyl (C=O) groups is 1. The van der Waals surface area contributed by atoms with Crippen LogP contribution in [0.25, 0.3) is 16.2 Å². The van der Waals surface area contributed by atoms with Gasteiger partial charge in [0.25, 0.3) is 5.92 Å². The summed E-state index contributed by atoms with van der Waals surface area (Å²) >= 11 is 0. The molecule has 1 aromatic carbocycles. The summed E-state index contributed by atoms with van der Waals surface area (Å²) in [6, 6.07) is 5.33. The van der Waals surface area contributed by atoms with Gasteiger partial charge in [0.15, 0.2) is 0 Å². The molecule has 1 radical (unpaired) electrons. The summed E-state index contributed by atoms with van der Waals surface area (Å²) in [6.45, 7) is 5.67. The second-order valence-corrected chi connectivity index (χ2v) is 11.4. The number of fused-ring (bicyclic) bond motifs is 1. The van der Waals surface area contributed by atoms with Gasteiger partial charge < -0.3 is 23.0 Å². The number of halogens is 3. The van der Waals surface area contributed by atoms with E-state index in [1.165, 1.54) is 19.2 Å². The van der Waals surface area contributed by atoms with Crippen LogP contribution in [0.15, 0.2) is 30.5 Å². The van der Waals surface area contributed by atoms with Crippen LogP contribution < -0.4 is 10.8 Å². The molecule has 1 aliphatic heterocycles. The smallest absolute Gasteiger partial charge is 0.257 e. The number of amides is 1. The molecule has 7 nitrogen and oxygen atoms in total. The van der Waals surface area contributed by atoms with E-state index in [0.29, 0.717) is 30.2 Å². The molecular weight excluding hydrogens is 589 g/mol. The van der Waals surface area contributed by atoms with Gasteiger partial charge >= 0.3 is 0 Å². The maximum Gasteiger partial charge on any atom is 0.257 e. The predicted octanol–water partition coefficient (Wildman–Crippen LogP) is 5.16. The number of nitrogens with one attached hydrogen (secondary N) is 1. The molecule has 0 unspecified atom stereocenters. The van der Waals surface area contributed by atoms with Gasteiger partial charge in [-0.2, -0.15) is 7.05 Å². The number of benzene rings is 1. The van der Waals surface area contributed by atoms with Crippen molar-refractivity contribution in [3.8, 4) is 0 Å². The number of carbonyl (C=O) groups excluding carboxylic acids is 1. The molecular formula is C26H32F3N6OPY-2. The van der Waals surface area contributed by atoms with Gasteiger partial charge in [0.1, 0.15) is 17.5 Å². The van der Waals surface area contributed by atoms with Gasteiger partial charge in [-0.25, -0.2) is 23.1 Å². The second kappa shape index (κ2) is 13.6. The quantitative estimate of drug-likeness (QED) is 0.291. The van der Waals surface area contributed by atoms with E-state index in [1.807, 2.05) is 11.0 Å². The number of aryl methyl sites for hydroxylation is 1. The topological polar surface area (TPSA) is 85.1 Å². The summed E-state index contributed by atoms with van der Waals surface area (Å²) in [5, 5.41) is 7.45. The molecule has 12 heteroatoms. The van der Waals surface area contributed by atoms with Crippen LogP contribution in [0.3, 0.4) is 0 Å². The number of alkyl halides is 2. The zero-order valence-corrected chi connectivity index (χ0v) is 26.0. The average Bonchev–Trinajstić information content (AvgIpc) is 2.83. The molecule has 38 heavy (non-hydrogen) atoms. The molecule has 0 bridgehead atoms. The third-order valence-electron chi connectivity index (χ3n) is 6.33. The molecule has 1 N–H and O–H groups in total.